The number of carboxylic acids is 2. The Morgan fingerprint density at radius 2 is 1.53 bits per heavy atom. The molecule has 0 saturated heterocycles. The lowest BCUT2D eigenvalue weighted by Crippen LogP contribution is -2.20. The van der Waals surface area contributed by atoms with Gasteiger partial charge >= 0.3 is 11.9 Å². The van der Waals surface area contributed by atoms with Crippen molar-refractivity contribution in [3.63, 3.8) is 0 Å². The summed E-state index contributed by atoms with van der Waals surface area (Å²) in [6, 6.07) is 0. The number of carbonyl (C=O) groups excluding carboxylic acids is 1. The highest BCUT2D eigenvalue weighted by Crippen LogP contribution is 1.86. The number of hydrogen-bond acceptors (Lipinski definition) is 4. The smallest absolute Gasteiger partial charge is 0.303 e. The third kappa shape index (κ3) is 18.8. The van der Waals surface area contributed by atoms with Gasteiger partial charge in [-0.1, -0.05) is 6.58 Å². The van der Waals surface area contributed by atoms with E-state index in [2.05, 4.69) is 11.9 Å². The van der Waals surface area contributed by atoms with Crippen molar-refractivity contribution in [1.82, 2.24) is 5.32 Å². The van der Waals surface area contributed by atoms with Crippen LogP contribution in [0.25, 0.3) is 0 Å². The van der Waals surface area contributed by atoms with E-state index in [9.17, 15) is 14.4 Å². The molecule has 0 bridgehead atoms. The van der Waals surface area contributed by atoms with Crippen LogP contribution in [0.1, 0.15) is 12.8 Å². The molecule has 0 aromatic carbocycles. The number of rotatable bonds is 5. The van der Waals surface area contributed by atoms with E-state index in [4.69, 9.17) is 15.3 Å². The van der Waals surface area contributed by atoms with E-state index >= 15 is 0 Å². The number of carbonyl (C=O) groups is 3. The molecule has 0 heterocycles. The van der Waals surface area contributed by atoms with Gasteiger partial charge in [-0.25, -0.2) is 0 Å². The third-order valence-electron chi connectivity index (χ3n) is 0.991. The van der Waals surface area contributed by atoms with Crippen LogP contribution in [0.15, 0.2) is 12.7 Å². The molecule has 86 valence electrons. The quantitative estimate of drug-likeness (QED) is 0.353. The first-order valence-electron chi connectivity index (χ1n) is 3.88. The van der Waals surface area contributed by atoms with Crippen molar-refractivity contribution in [2.24, 2.45) is 0 Å². The van der Waals surface area contributed by atoms with Crippen molar-refractivity contribution in [3.05, 3.63) is 12.7 Å². The topological polar surface area (TPSA) is 124 Å². The Balaban J connectivity index is 0. The molecule has 0 radical (unpaired) electrons. The van der Waals surface area contributed by atoms with Gasteiger partial charge in [0, 0.05) is 0 Å². The fourth-order valence-corrected chi connectivity index (χ4v) is 0.364. The molecule has 0 fully saturated rings. The third-order valence-corrected chi connectivity index (χ3v) is 0.991. The minimum absolute atomic E-state index is 0.296. The minimum Gasteiger partial charge on any atom is -0.481 e. The van der Waals surface area contributed by atoms with E-state index in [-0.39, 0.29) is 25.5 Å². The molecule has 7 heteroatoms. The Hall–Kier alpha value is -1.89. The molecule has 7 nitrogen and oxygen atoms in total. The lowest BCUT2D eigenvalue weighted by Gasteiger charge is -1.89. The van der Waals surface area contributed by atoms with Crippen LogP contribution in [0.3, 0.4) is 0 Å². The van der Waals surface area contributed by atoms with Gasteiger partial charge in [0.2, 0.25) is 5.91 Å². The Bertz CT molecular complexity index is 223. The zero-order chi connectivity index (χ0) is 12.3. The second-order valence-electron chi connectivity index (χ2n) is 2.19. The molecule has 0 aromatic heterocycles. The molecular formula is C8H13NO6. The van der Waals surface area contributed by atoms with E-state index in [1.165, 1.54) is 0 Å². The van der Waals surface area contributed by atoms with Gasteiger partial charge in [-0.15, -0.1) is 0 Å². The molecule has 0 aliphatic rings. The van der Waals surface area contributed by atoms with Gasteiger partial charge in [-0.3, -0.25) is 14.4 Å². The highest BCUT2D eigenvalue weighted by molar-refractivity contribution is 5.86. The summed E-state index contributed by atoms with van der Waals surface area (Å²) >= 11 is 0. The van der Waals surface area contributed by atoms with Crippen molar-refractivity contribution in [3.8, 4) is 0 Å². The van der Waals surface area contributed by atoms with Gasteiger partial charge in [0.25, 0.3) is 0 Å². The normalized spacial score (nSPS) is 8.07. The predicted molar refractivity (Wildman–Crippen MR) is 49.9 cm³/mol. The zero-order valence-corrected chi connectivity index (χ0v) is 7.97. The lowest BCUT2D eigenvalue weighted by atomic mass is 10.3. The van der Waals surface area contributed by atoms with Crippen molar-refractivity contribution >= 4 is 17.8 Å². The molecular weight excluding hydrogens is 206 g/mol. The summed E-state index contributed by atoms with van der Waals surface area (Å²) in [5.74, 6) is -2.51. The van der Waals surface area contributed by atoms with E-state index in [1.54, 1.807) is 0 Å². The molecule has 4 N–H and O–H groups in total. The fraction of sp³-hybridized carbons (Fsp3) is 0.375. The predicted octanol–water partition coefficient (Wildman–Crippen LogP) is -0.826. The van der Waals surface area contributed by atoms with E-state index in [1.807, 2.05) is 0 Å². The SMILES string of the molecule is C=CC(=O)NCO.O=C(O)CCC(=O)O. The van der Waals surface area contributed by atoms with Crippen LogP contribution < -0.4 is 5.32 Å². The zero-order valence-electron chi connectivity index (χ0n) is 7.97. The maximum absolute atomic E-state index is 10.0. The average molecular weight is 219 g/mol. The molecule has 15 heavy (non-hydrogen) atoms. The van der Waals surface area contributed by atoms with Gasteiger partial charge in [0.1, 0.15) is 6.73 Å². The van der Waals surface area contributed by atoms with Crippen molar-refractivity contribution < 1.29 is 29.7 Å². The second-order valence-corrected chi connectivity index (χ2v) is 2.19. The van der Waals surface area contributed by atoms with Crippen molar-refractivity contribution in [2.45, 2.75) is 12.8 Å². The second kappa shape index (κ2) is 10.2. The van der Waals surface area contributed by atoms with Crippen LogP contribution in [-0.2, 0) is 14.4 Å². The molecule has 0 saturated carbocycles. The fourth-order valence-electron chi connectivity index (χ4n) is 0.364. The van der Waals surface area contributed by atoms with Gasteiger partial charge in [0.05, 0.1) is 12.8 Å². The molecule has 1 amide bonds. The number of amides is 1. The summed E-state index contributed by atoms with van der Waals surface area (Å²) < 4.78 is 0. The molecule has 0 spiro atoms. The molecule has 0 aromatic rings. The summed E-state index contributed by atoms with van der Waals surface area (Å²) in [6.45, 7) is 2.83. The maximum Gasteiger partial charge on any atom is 0.303 e. The van der Waals surface area contributed by atoms with Crippen LogP contribution in [0.2, 0.25) is 0 Å². The first kappa shape index (κ1) is 15.6. The Morgan fingerprint density at radius 1 is 1.13 bits per heavy atom. The van der Waals surface area contributed by atoms with Crippen molar-refractivity contribution in [2.75, 3.05) is 6.73 Å². The number of aliphatic hydroxyl groups excluding tert-OH is 1. The van der Waals surface area contributed by atoms with Crippen LogP contribution >= 0.6 is 0 Å². The highest BCUT2D eigenvalue weighted by atomic mass is 16.4. The summed E-state index contributed by atoms with van der Waals surface area (Å²) in [4.78, 5) is 29.3. The maximum atomic E-state index is 10.0. The Labute approximate surface area is 86.0 Å². The monoisotopic (exact) mass is 219 g/mol. The van der Waals surface area contributed by atoms with Gasteiger partial charge in [-0.05, 0) is 6.08 Å². The van der Waals surface area contributed by atoms with Gasteiger partial charge < -0.3 is 20.6 Å². The Kier molecular flexibility index (Phi) is 10.6. The Morgan fingerprint density at radius 3 is 1.67 bits per heavy atom. The highest BCUT2D eigenvalue weighted by Gasteiger charge is 2.00. The van der Waals surface area contributed by atoms with E-state index in [0.717, 1.165) is 6.08 Å². The molecule has 0 atom stereocenters. The van der Waals surface area contributed by atoms with Crippen LogP contribution in [-0.4, -0.2) is 39.9 Å². The number of nitrogens with one attached hydrogen (secondary N) is 1. The van der Waals surface area contributed by atoms with Crippen LogP contribution in [0.4, 0.5) is 0 Å². The summed E-state index contributed by atoms with van der Waals surface area (Å²) in [5, 5.41) is 25.9. The minimum atomic E-state index is -1.08. The van der Waals surface area contributed by atoms with Crippen LogP contribution in [0, 0.1) is 0 Å². The lowest BCUT2D eigenvalue weighted by molar-refractivity contribution is -0.143. The summed E-state index contributed by atoms with van der Waals surface area (Å²) in [5.41, 5.74) is 0. The number of aliphatic carboxylic acids is 2. The first-order chi connectivity index (χ1) is 6.93. The number of carboxylic acid groups (broad SMARTS) is 2. The van der Waals surface area contributed by atoms with E-state index in [0.29, 0.717) is 0 Å². The van der Waals surface area contributed by atoms with Crippen LogP contribution in [0.5, 0.6) is 0 Å². The number of hydrogen-bond donors (Lipinski definition) is 4. The first-order valence-corrected chi connectivity index (χ1v) is 3.88. The average Bonchev–Trinajstić information content (AvgIpc) is 2.16. The van der Waals surface area contributed by atoms with E-state index < -0.39 is 11.9 Å². The summed E-state index contributed by atoms with van der Waals surface area (Å²) in [7, 11) is 0. The standard InChI is InChI=1S/C4H7NO2.C4H6O4/c1-2-4(7)5-3-6;5-3(6)1-2-4(7)8/h2,6H,1,3H2,(H,5,7);1-2H2,(H,5,6)(H,7,8). The molecule has 0 rings (SSSR count). The van der Waals surface area contributed by atoms with Gasteiger partial charge in [-0.2, -0.15) is 0 Å². The number of aliphatic hydroxyl groups is 1. The van der Waals surface area contributed by atoms with Crippen molar-refractivity contribution in [1.29, 1.82) is 0 Å². The molecule has 0 aliphatic carbocycles. The van der Waals surface area contributed by atoms with Gasteiger partial charge in [0.15, 0.2) is 0 Å². The summed E-state index contributed by atoms with van der Waals surface area (Å²) in [6.07, 6.45) is 0.501. The molecule has 0 unspecified atom stereocenters. The largest absolute Gasteiger partial charge is 0.481 e. The molecule has 0 aliphatic heterocycles.